The number of ether oxygens (including phenoxy) is 1. The molecule has 4 heteroatoms. The fourth-order valence-corrected chi connectivity index (χ4v) is 3.48. The van der Waals surface area contributed by atoms with Crippen molar-refractivity contribution in [3.63, 3.8) is 0 Å². The van der Waals surface area contributed by atoms with Crippen LogP contribution in [0.25, 0.3) is 6.08 Å². The SMILES string of the molecule is COC1(CNC(=O)C=Cc2ccccc2)CCSCC1. The Labute approximate surface area is 124 Å². The van der Waals surface area contributed by atoms with E-state index < -0.39 is 0 Å². The van der Waals surface area contributed by atoms with Crippen LogP contribution in [-0.2, 0) is 9.53 Å². The van der Waals surface area contributed by atoms with Crippen LogP contribution in [-0.4, -0.2) is 36.7 Å². The van der Waals surface area contributed by atoms with Gasteiger partial charge in [-0.3, -0.25) is 4.79 Å². The minimum Gasteiger partial charge on any atom is -0.376 e. The summed E-state index contributed by atoms with van der Waals surface area (Å²) in [6.45, 7) is 0.585. The van der Waals surface area contributed by atoms with E-state index in [0.717, 1.165) is 29.9 Å². The van der Waals surface area contributed by atoms with Gasteiger partial charge in [0.05, 0.1) is 5.60 Å². The molecule has 2 rings (SSSR count). The standard InChI is InChI=1S/C16H21NO2S/c1-19-16(9-11-20-12-10-16)13-17-15(18)8-7-14-5-3-2-4-6-14/h2-8H,9-13H2,1H3,(H,17,18). The topological polar surface area (TPSA) is 38.3 Å². The molecule has 0 unspecified atom stereocenters. The minimum absolute atomic E-state index is 0.0662. The van der Waals surface area contributed by atoms with Gasteiger partial charge in [0, 0.05) is 19.7 Å². The van der Waals surface area contributed by atoms with Crippen molar-refractivity contribution >= 4 is 23.7 Å². The van der Waals surface area contributed by atoms with Gasteiger partial charge in [-0.15, -0.1) is 0 Å². The summed E-state index contributed by atoms with van der Waals surface area (Å²) >= 11 is 1.95. The van der Waals surface area contributed by atoms with Crippen molar-refractivity contribution in [1.29, 1.82) is 0 Å². The molecule has 1 fully saturated rings. The molecule has 1 N–H and O–H groups in total. The maximum absolute atomic E-state index is 11.9. The molecule has 0 atom stereocenters. The second-order valence-electron chi connectivity index (χ2n) is 4.96. The van der Waals surface area contributed by atoms with Crippen molar-refractivity contribution in [1.82, 2.24) is 5.32 Å². The van der Waals surface area contributed by atoms with Crippen LogP contribution >= 0.6 is 11.8 Å². The van der Waals surface area contributed by atoms with Gasteiger partial charge in [0.1, 0.15) is 0 Å². The predicted molar refractivity (Wildman–Crippen MR) is 84.8 cm³/mol. The summed E-state index contributed by atoms with van der Waals surface area (Å²) in [4.78, 5) is 11.9. The zero-order valence-corrected chi connectivity index (χ0v) is 12.6. The lowest BCUT2D eigenvalue weighted by atomic mass is 9.96. The van der Waals surface area contributed by atoms with E-state index in [9.17, 15) is 4.79 Å². The highest BCUT2D eigenvalue weighted by atomic mass is 32.2. The van der Waals surface area contributed by atoms with Crippen molar-refractivity contribution in [2.45, 2.75) is 18.4 Å². The largest absolute Gasteiger partial charge is 0.376 e. The minimum atomic E-state index is -0.179. The Balaban J connectivity index is 1.84. The molecule has 0 aromatic heterocycles. The average molecular weight is 291 g/mol. The second kappa shape index (κ2) is 7.50. The molecule has 1 saturated heterocycles. The second-order valence-corrected chi connectivity index (χ2v) is 6.19. The number of carbonyl (C=O) groups is 1. The molecule has 0 spiro atoms. The third-order valence-corrected chi connectivity index (χ3v) is 4.63. The molecule has 20 heavy (non-hydrogen) atoms. The average Bonchev–Trinajstić information content (AvgIpc) is 2.53. The highest BCUT2D eigenvalue weighted by molar-refractivity contribution is 7.99. The molecular weight excluding hydrogens is 270 g/mol. The Hall–Kier alpha value is -1.26. The smallest absolute Gasteiger partial charge is 0.244 e. The van der Waals surface area contributed by atoms with E-state index in [-0.39, 0.29) is 11.5 Å². The third kappa shape index (κ3) is 4.39. The van der Waals surface area contributed by atoms with Crippen LogP contribution in [0.4, 0.5) is 0 Å². The Bertz CT molecular complexity index is 453. The molecule has 3 nitrogen and oxygen atoms in total. The fourth-order valence-electron chi connectivity index (χ4n) is 2.24. The van der Waals surface area contributed by atoms with Gasteiger partial charge in [0.15, 0.2) is 0 Å². The summed E-state index contributed by atoms with van der Waals surface area (Å²) < 4.78 is 5.64. The van der Waals surface area contributed by atoms with E-state index in [0.29, 0.717) is 6.54 Å². The molecule has 1 aromatic carbocycles. The molecule has 1 aromatic rings. The van der Waals surface area contributed by atoms with Gasteiger partial charge in [-0.2, -0.15) is 11.8 Å². The van der Waals surface area contributed by atoms with Gasteiger partial charge in [-0.25, -0.2) is 0 Å². The van der Waals surface area contributed by atoms with Crippen LogP contribution < -0.4 is 5.32 Å². The number of amides is 1. The van der Waals surface area contributed by atoms with E-state index in [2.05, 4.69) is 5.32 Å². The molecular formula is C16H21NO2S. The number of hydrogen-bond acceptors (Lipinski definition) is 3. The number of benzene rings is 1. The Kier molecular flexibility index (Phi) is 5.68. The van der Waals surface area contributed by atoms with Crippen LogP contribution in [0.2, 0.25) is 0 Å². The van der Waals surface area contributed by atoms with E-state index in [1.54, 1.807) is 13.2 Å². The first kappa shape index (κ1) is 15.1. The summed E-state index contributed by atoms with van der Waals surface area (Å²) in [5, 5.41) is 2.95. The van der Waals surface area contributed by atoms with Crippen molar-refractivity contribution < 1.29 is 9.53 Å². The zero-order chi connectivity index (χ0) is 14.3. The Morgan fingerprint density at radius 2 is 2.05 bits per heavy atom. The summed E-state index contributed by atoms with van der Waals surface area (Å²) in [7, 11) is 1.74. The van der Waals surface area contributed by atoms with E-state index in [1.807, 2.05) is 48.2 Å². The summed E-state index contributed by atoms with van der Waals surface area (Å²) in [5.41, 5.74) is 0.847. The lowest BCUT2D eigenvalue weighted by Gasteiger charge is -2.35. The van der Waals surface area contributed by atoms with Gasteiger partial charge >= 0.3 is 0 Å². The van der Waals surface area contributed by atoms with Crippen LogP contribution in [0.5, 0.6) is 0 Å². The first-order chi connectivity index (χ1) is 9.74. The molecule has 108 valence electrons. The zero-order valence-electron chi connectivity index (χ0n) is 11.8. The molecule has 0 bridgehead atoms. The lowest BCUT2D eigenvalue weighted by Crippen LogP contribution is -2.46. The van der Waals surface area contributed by atoms with Gasteiger partial charge in [-0.1, -0.05) is 30.3 Å². The third-order valence-electron chi connectivity index (χ3n) is 3.65. The first-order valence-electron chi connectivity index (χ1n) is 6.88. The monoisotopic (exact) mass is 291 g/mol. The number of thioether (sulfide) groups is 1. The van der Waals surface area contributed by atoms with Crippen LogP contribution in [0.1, 0.15) is 18.4 Å². The molecule has 1 heterocycles. The van der Waals surface area contributed by atoms with Crippen molar-refractivity contribution in [2.75, 3.05) is 25.2 Å². The van der Waals surface area contributed by atoms with Gasteiger partial charge in [0.2, 0.25) is 5.91 Å². The Morgan fingerprint density at radius 3 is 2.70 bits per heavy atom. The van der Waals surface area contributed by atoms with Gasteiger partial charge in [0.25, 0.3) is 0 Å². The lowest BCUT2D eigenvalue weighted by molar-refractivity contribution is -0.118. The van der Waals surface area contributed by atoms with E-state index in [4.69, 9.17) is 4.74 Å². The maximum Gasteiger partial charge on any atom is 0.244 e. The van der Waals surface area contributed by atoms with E-state index in [1.165, 1.54) is 0 Å². The molecule has 1 aliphatic heterocycles. The number of rotatable bonds is 5. The van der Waals surface area contributed by atoms with Crippen molar-refractivity contribution in [3.8, 4) is 0 Å². The molecule has 1 amide bonds. The highest BCUT2D eigenvalue weighted by Crippen LogP contribution is 2.29. The quantitative estimate of drug-likeness (QED) is 0.848. The highest BCUT2D eigenvalue weighted by Gasteiger charge is 2.32. The van der Waals surface area contributed by atoms with E-state index >= 15 is 0 Å². The molecule has 1 aliphatic rings. The van der Waals surface area contributed by atoms with Crippen LogP contribution in [0, 0.1) is 0 Å². The molecule has 0 aliphatic carbocycles. The van der Waals surface area contributed by atoms with Crippen LogP contribution in [0.3, 0.4) is 0 Å². The summed E-state index contributed by atoms with van der Waals surface area (Å²) in [6, 6.07) is 9.81. The molecule has 0 saturated carbocycles. The number of carbonyl (C=O) groups excluding carboxylic acids is 1. The Morgan fingerprint density at radius 1 is 1.35 bits per heavy atom. The predicted octanol–water partition coefficient (Wildman–Crippen LogP) is 2.73. The number of hydrogen-bond donors (Lipinski definition) is 1. The first-order valence-corrected chi connectivity index (χ1v) is 8.03. The van der Waals surface area contributed by atoms with Gasteiger partial charge < -0.3 is 10.1 Å². The van der Waals surface area contributed by atoms with Crippen LogP contribution in [0.15, 0.2) is 36.4 Å². The number of nitrogens with one attached hydrogen (secondary N) is 1. The number of methoxy groups -OCH3 is 1. The fraction of sp³-hybridized carbons (Fsp3) is 0.438. The van der Waals surface area contributed by atoms with Gasteiger partial charge in [-0.05, 0) is 36.0 Å². The summed E-state index contributed by atoms with van der Waals surface area (Å²) in [5.74, 6) is 2.14. The normalized spacial score (nSPS) is 18.1. The molecule has 0 radical (unpaired) electrons. The summed E-state index contributed by atoms with van der Waals surface area (Å²) in [6.07, 6.45) is 5.40. The maximum atomic E-state index is 11.9. The van der Waals surface area contributed by atoms with Crippen molar-refractivity contribution in [2.24, 2.45) is 0 Å². The van der Waals surface area contributed by atoms with Crippen molar-refractivity contribution in [3.05, 3.63) is 42.0 Å².